The molecule has 0 bridgehead atoms. The SMILES string of the molecule is CC(C)(C)OCCCCCCOC(=O)C(C)(C)C. The van der Waals surface area contributed by atoms with Crippen molar-refractivity contribution in [3.05, 3.63) is 0 Å². The van der Waals surface area contributed by atoms with Crippen molar-refractivity contribution in [2.75, 3.05) is 13.2 Å². The smallest absolute Gasteiger partial charge is 0.311 e. The van der Waals surface area contributed by atoms with E-state index in [0.717, 1.165) is 32.3 Å². The van der Waals surface area contributed by atoms with Crippen LogP contribution < -0.4 is 0 Å². The zero-order valence-electron chi connectivity index (χ0n) is 13.0. The lowest BCUT2D eigenvalue weighted by Crippen LogP contribution is -2.23. The fraction of sp³-hybridized carbons (Fsp3) is 0.933. The van der Waals surface area contributed by atoms with Crippen LogP contribution in [0.15, 0.2) is 0 Å². The second-order valence-corrected chi connectivity index (χ2v) is 6.76. The molecule has 0 rings (SSSR count). The minimum atomic E-state index is -0.388. The van der Waals surface area contributed by atoms with Crippen molar-refractivity contribution < 1.29 is 14.3 Å². The molecule has 0 saturated heterocycles. The van der Waals surface area contributed by atoms with E-state index >= 15 is 0 Å². The fourth-order valence-corrected chi connectivity index (χ4v) is 1.32. The summed E-state index contributed by atoms with van der Waals surface area (Å²) in [4.78, 5) is 11.5. The van der Waals surface area contributed by atoms with E-state index in [1.54, 1.807) is 0 Å². The first kappa shape index (κ1) is 17.4. The molecular formula is C15H30O3. The number of carbonyl (C=O) groups excluding carboxylic acids is 1. The molecule has 0 atom stereocenters. The van der Waals surface area contributed by atoms with Gasteiger partial charge in [0.25, 0.3) is 0 Å². The zero-order valence-corrected chi connectivity index (χ0v) is 13.0. The van der Waals surface area contributed by atoms with E-state index in [2.05, 4.69) is 20.8 Å². The number of hydrogen-bond donors (Lipinski definition) is 0. The Morgan fingerprint density at radius 1 is 0.833 bits per heavy atom. The number of esters is 1. The number of ether oxygens (including phenoxy) is 2. The molecule has 0 saturated carbocycles. The summed E-state index contributed by atoms with van der Waals surface area (Å²) in [5.74, 6) is -0.112. The Bertz CT molecular complexity index is 233. The molecule has 108 valence electrons. The summed E-state index contributed by atoms with van der Waals surface area (Å²) >= 11 is 0. The predicted octanol–water partition coefficient (Wildman–Crippen LogP) is 3.95. The number of rotatable bonds is 7. The van der Waals surface area contributed by atoms with Gasteiger partial charge in [-0.1, -0.05) is 6.42 Å². The number of hydrogen-bond acceptors (Lipinski definition) is 3. The molecule has 0 aromatic carbocycles. The van der Waals surface area contributed by atoms with Gasteiger partial charge in [-0.15, -0.1) is 0 Å². The molecule has 0 heterocycles. The van der Waals surface area contributed by atoms with Crippen LogP contribution in [0.1, 0.15) is 67.2 Å². The molecule has 0 aliphatic rings. The van der Waals surface area contributed by atoms with Gasteiger partial charge in [-0.05, 0) is 60.8 Å². The highest BCUT2D eigenvalue weighted by atomic mass is 16.5. The maximum absolute atomic E-state index is 11.5. The summed E-state index contributed by atoms with van der Waals surface area (Å²) in [7, 11) is 0. The molecule has 3 heteroatoms. The predicted molar refractivity (Wildman–Crippen MR) is 74.6 cm³/mol. The minimum absolute atomic E-state index is 0.0394. The molecule has 0 unspecified atom stereocenters. The Labute approximate surface area is 112 Å². The fourth-order valence-electron chi connectivity index (χ4n) is 1.32. The van der Waals surface area contributed by atoms with E-state index in [9.17, 15) is 4.79 Å². The van der Waals surface area contributed by atoms with Gasteiger partial charge >= 0.3 is 5.97 Å². The van der Waals surface area contributed by atoms with E-state index in [1.807, 2.05) is 20.8 Å². The molecule has 0 N–H and O–H groups in total. The van der Waals surface area contributed by atoms with Crippen molar-refractivity contribution >= 4 is 5.97 Å². The lowest BCUT2D eigenvalue weighted by molar-refractivity contribution is -0.153. The first-order chi connectivity index (χ1) is 8.13. The van der Waals surface area contributed by atoms with Crippen molar-refractivity contribution in [3.8, 4) is 0 Å². The molecule has 0 aliphatic carbocycles. The molecule has 0 aromatic heterocycles. The van der Waals surface area contributed by atoms with Gasteiger partial charge in [-0.2, -0.15) is 0 Å². The highest BCUT2D eigenvalue weighted by Gasteiger charge is 2.22. The van der Waals surface area contributed by atoms with Crippen molar-refractivity contribution in [1.82, 2.24) is 0 Å². The largest absolute Gasteiger partial charge is 0.465 e. The van der Waals surface area contributed by atoms with E-state index in [0.29, 0.717) is 6.61 Å². The van der Waals surface area contributed by atoms with Crippen LogP contribution in [0, 0.1) is 5.41 Å². The van der Waals surface area contributed by atoms with Crippen LogP contribution in [0.25, 0.3) is 0 Å². The van der Waals surface area contributed by atoms with Crippen LogP contribution in [0.3, 0.4) is 0 Å². The summed E-state index contributed by atoms with van der Waals surface area (Å²) in [6.45, 7) is 13.2. The standard InChI is InChI=1S/C15H30O3/c1-14(2,3)13(16)17-11-9-7-8-10-12-18-15(4,5)6/h7-12H2,1-6H3. The van der Waals surface area contributed by atoms with Crippen molar-refractivity contribution in [3.63, 3.8) is 0 Å². The third kappa shape index (κ3) is 10.6. The summed E-state index contributed by atoms with van der Waals surface area (Å²) in [5, 5.41) is 0. The van der Waals surface area contributed by atoms with Crippen LogP contribution in [0.4, 0.5) is 0 Å². The Kier molecular flexibility index (Phi) is 7.53. The van der Waals surface area contributed by atoms with Crippen molar-refractivity contribution in [1.29, 1.82) is 0 Å². The number of unbranched alkanes of at least 4 members (excludes halogenated alkanes) is 3. The third-order valence-electron chi connectivity index (χ3n) is 2.42. The van der Waals surface area contributed by atoms with Crippen molar-refractivity contribution in [2.45, 2.75) is 72.8 Å². The van der Waals surface area contributed by atoms with Gasteiger partial charge < -0.3 is 9.47 Å². The normalized spacial score (nSPS) is 12.6. The Morgan fingerprint density at radius 2 is 1.33 bits per heavy atom. The molecular weight excluding hydrogens is 228 g/mol. The first-order valence-corrected chi connectivity index (χ1v) is 6.94. The van der Waals surface area contributed by atoms with Crippen LogP contribution in [0.5, 0.6) is 0 Å². The van der Waals surface area contributed by atoms with Gasteiger partial charge in [0.15, 0.2) is 0 Å². The maximum Gasteiger partial charge on any atom is 0.311 e. The summed E-state index contributed by atoms with van der Waals surface area (Å²) in [5.41, 5.74) is -0.428. The van der Waals surface area contributed by atoms with Gasteiger partial charge in [0.05, 0.1) is 17.6 Å². The monoisotopic (exact) mass is 258 g/mol. The molecule has 0 aliphatic heterocycles. The maximum atomic E-state index is 11.5. The van der Waals surface area contributed by atoms with Crippen LogP contribution >= 0.6 is 0 Å². The lowest BCUT2D eigenvalue weighted by atomic mass is 9.97. The Hall–Kier alpha value is -0.570. The summed E-state index contributed by atoms with van der Waals surface area (Å²) in [6.07, 6.45) is 4.23. The molecule has 0 spiro atoms. The average molecular weight is 258 g/mol. The van der Waals surface area contributed by atoms with Gasteiger partial charge in [-0.3, -0.25) is 4.79 Å². The minimum Gasteiger partial charge on any atom is -0.465 e. The second-order valence-electron chi connectivity index (χ2n) is 6.76. The Balaban J connectivity index is 3.35. The topological polar surface area (TPSA) is 35.5 Å². The molecule has 0 radical (unpaired) electrons. The molecule has 0 aromatic rings. The van der Waals surface area contributed by atoms with Crippen LogP contribution in [-0.2, 0) is 14.3 Å². The van der Waals surface area contributed by atoms with Gasteiger partial charge in [-0.25, -0.2) is 0 Å². The van der Waals surface area contributed by atoms with E-state index in [1.165, 1.54) is 0 Å². The van der Waals surface area contributed by atoms with Crippen LogP contribution in [-0.4, -0.2) is 24.8 Å². The average Bonchev–Trinajstić information content (AvgIpc) is 2.18. The van der Waals surface area contributed by atoms with E-state index in [-0.39, 0.29) is 17.0 Å². The third-order valence-corrected chi connectivity index (χ3v) is 2.42. The van der Waals surface area contributed by atoms with E-state index in [4.69, 9.17) is 9.47 Å². The number of carbonyl (C=O) groups is 1. The van der Waals surface area contributed by atoms with Crippen LogP contribution in [0.2, 0.25) is 0 Å². The zero-order chi connectivity index (χ0) is 14.2. The molecule has 0 fully saturated rings. The lowest BCUT2D eigenvalue weighted by Gasteiger charge is -2.19. The van der Waals surface area contributed by atoms with Crippen molar-refractivity contribution in [2.24, 2.45) is 5.41 Å². The molecule has 18 heavy (non-hydrogen) atoms. The Morgan fingerprint density at radius 3 is 1.78 bits per heavy atom. The summed E-state index contributed by atoms with van der Waals surface area (Å²) in [6, 6.07) is 0. The van der Waals surface area contributed by atoms with Gasteiger partial charge in [0.1, 0.15) is 0 Å². The van der Waals surface area contributed by atoms with Gasteiger partial charge in [0.2, 0.25) is 0 Å². The highest BCUT2D eigenvalue weighted by Crippen LogP contribution is 2.15. The molecule has 0 amide bonds. The highest BCUT2D eigenvalue weighted by molar-refractivity contribution is 5.75. The van der Waals surface area contributed by atoms with E-state index < -0.39 is 0 Å². The molecule has 3 nitrogen and oxygen atoms in total. The first-order valence-electron chi connectivity index (χ1n) is 6.94. The summed E-state index contributed by atoms with van der Waals surface area (Å²) < 4.78 is 10.8. The second kappa shape index (κ2) is 7.78. The van der Waals surface area contributed by atoms with Gasteiger partial charge in [0, 0.05) is 6.61 Å². The quantitative estimate of drug-likeness (QED) is 0.512.